The molecule has 3 heteroatoms. The molecule has 0 aliphatic heterocycles. The molecule has 2 aromatic rings. The molecular weight excluding hydrogens is 286 g/mol. The number of fused-ring (bicyclic) bond motifs is 1. The monoisotopic (exact) mass is 295 g/mol. The highest BCUT2D eigenvalue weighted by Gasteiger charge is 2.02. The standard InChI is InChI=1S/C13H11BrClN/c1-9-4-5-10-8-11(3-2-6-14)13(15)16-12(10)7-9/h2-5,7-8H,6H2,1H3. The SMILES string of the molecule is Cc1ccc2cc(C=CCBr)c(Cl)nc2c1. The van der Waals surface area contributed by atoms with E-state index in [-0.39, 0.29) is 0 Å². The first-order valence-electron chi connectivity index (χ1n) is 5.00. The molecule has 0 bridgehead atoms. The molecule has 0 unspecified atom stereocenters. The van der Waals surface area contributed by atoms with E-state index in [1.54, 1.807) is 0 Å². The van der Waals surface area contributed by atoms with Crippen molar-refractivity contribution in [1.82, 2.24) is 4.98 Å². The fourth-order valence-electron chi connectivity index (χ4n) is 1.56. The van der Waals surface area contributed by atoms with Crippen LogP contribution in [0.2, 0.25) is 5.15 Å². The Balaban J connectivity index is 2.58. The third-order valence-electron chi connectivity index (χ3n) is 2.34. The van der Waals surface area contributed by atoms with Gasteiger partial charge in [0, 0.05) is 16.3 Å². The maximum atomic E-state index is 6.11. The third-order valence-corrected chi connectivity index (χ3v) is 3.02. The van der Waals surface area contributed by atoms with Gasteiger partial charge in [0.2, 0.25) is 0 Å². The van der Waals surface area contributed by atoms with E-state index in [4.69, 9.17) is 11.6 Å². The Morgan fingerprint density at radius 1 is 1.38 bits per heavy atom. The summed E-state index contributed by atoms with van der Waals surface area (Å²) >= 11 is 9.45. The van der Waals surface area contributed by atoms with Gasteiger partial charge in [0.15, 0.2) is 0 Å². The minimum absolute atomic E-state index is 0.551. The number of aryl methyl sites for hydroxylation is 1. The molecule has 1 nitrogen and oxygen atoms in total. The van der Waals surface area contributed by atoms with Crippen molar-refractivity contribution < 1.29 is 0 Å². The van der Waals surface area contributed by atoms with Crippen molar-refractivity contribution in [3.8, 4) is 0 Å². The molecule has 0 saturated heterocycles. The van der Waals surface area contributed by atoms with E-state index in [1.165, 1.54) is 5.56 Å². The second-order valence-corrected chi connectivity index (χ2v) is 4.63. The van der Waals surface area contributed by atoms with Gasteiger partial charge in [-0.2, -0.15) is 0 Å². The highest BCUT2D eigenvalue weighted by atomic mass is 79.9. The summed E-state index contributed by atoms with van der Waals surface area (Å²) in [5, 5.41) is 2.48. The van der Waals surface area contributed by atoms with Crippen molar-refractivity contribution in [3.05, 3.63) is 46.6 Å². The van der Waals surface area contributed by atoms with Gasteiger partial charge >= 0.3 is 0 Å². The molecule has 1 aromatic heterocycles. The second-order valence-electron chi connectivity index (χ2n) is 3.62. The molecule has 0 atom stereocenters. The molecule has 1 aromatic carbocycles. The fraction of sp³-hybridized carbons (Fsp3) is 0.154. The van der Waals surface area contributed by atoms with E-state index >= 15 is 0 Å². The lowest BCUT2D eigenvalue weighted by Gasteiger charge is -2.03. The molecule has 0 amide bonds. The number of pyridine rings is 1. The lowest BCUT2D eigenvalue weighted by molar-refractivity contribution is 1.37. The first-order chi connectivity index (χ1) is 7.70. The van der Waals surface area contributed by atoms with Crippen molar-refractivity contribution in [2.45, 2.75) is 6.92 Å². The number of rotatable bonds is 2. The summed E-state index contributed by atoms with van der Waals surface area (Å²) in [7, 11) is 0. The Labute approximate surface area is 108 Å². The summed E-state index contributed by atoms with van der Waals surface area (Å²) in [6, 6.07) is 8.25. The zero-order valence-corrected chi connectivity index (χ0v) is 11.2. The fourth-order valence-corrected chi connectivity index (χ4v) is 1.95. The van der Waals surface area contributed by atoms with E-state index in [0.29, 0.717) is 5.15 Å². The van der Waals surface area contributed by atoms with Crippen LogP contribution >= 0.6 is 27.5 Å². The van der Waals surface area contributed by atoms with Gasteiger partial charge in [-0.1, -0.05) is 51.8 Å². The number of allylic oxidation sites excluding steroid dienone is 1. The Bertz CT molecular complexity index is 549. The van der Waals surface area contributed by atoms with Crippen LogP contribution in [-0.2, 0) is 0 Å². The predicted molar refractivity (Wildman–Crippen MR) is 74.3 cm³/mol. The largest absolute Gasteiger partial charge is 0.235 e. The van der Waals surface area contributed by atoms with Gasteiger partial charge in [-0.25, -0.2) is 4.98 Å². The van der Waals surface area contributed by atoms with Crippen LogP contribution in [0.15, 0.2) is 30.3 Å². The number of benzene rings is 1. The van der Waals surface area contributed by atoms with Gasteiger partial charge < -0.3 is 0 Å². The Kier molecular flexibility index (Phi) is 3.62. The minimum Gasteiger partial charge on any atom is -0.235 e. The van der Waals surface area contributed by atoms with Crippen LogP contribution in [0.5, 0.6) is 0 Å². The third kappa shape index (κ3) is 2.45. The topological polar surface area (TPSA) is 12.9 Å². The van der Waals surface area contributed by atoms with Crippen molar-refractivity contribution >= 4 is 44.5 Å². The minimum atomic E-state index is 0.551. The Morgan fingerprint density at radius 3 is 2.94 bits per heavy atom. The molecule has 0 radical (unpaired) electrons. The molecule has 1 heterocycles. The first kappa shape index (κ1) is 11.6. The summed E-state index contributed by atoms with van der Waals surface area (Å²) in [6.07, 6.45) is 3.98. The van der Waals surface area contributed by atoms with Crippen LogP contribution in [0.4, 0.5) is 0 Å². The highest BCUT2D eigenvalue weighted by Crippen LogP contribution is 2.22. The number of aromatic nitrogens is 1. The number of hydrogen-bond donors (Lipinski definition) is 0. The number of hydrogen-bond acceptors (Lipinski definition) is 1. The van der Waals surface area contributed by atoms with Crippen molar-refractivity contribution in [3.63, 3.8) is 0 Å². The van der Waals surface area contributed by atoms with Gasteiger partial charge in [0.1, 0.15) is 5.15 Å². The molecule has 0 N–H and O–H groups in total. The zero-order chi connectivity index (χ0) is 11.5. The van der Waals surface area contributed by atoms with Gasteiger partial charge in [0.05, 0.1) is 5.52 Å². The van der Waals surface area contributed by atoms with Crippen molar-refractivity contribution in [2.24, 2.45) is 0 Å². The van der Waals surface area contributed by atoms with Crippen LogP contribution in [0.1, 0.15) is 11.1 Å². The predicted octanol–water partition coefficient (Wildman–Crippen LogP) is 4.60. The number of nitrogens with zero attached hydrogens (tertiary/aromatic N) is 1. The van der Waals surface area contributed by atoms with Crippen LogP contribution < -0.4 is 0 Å². The van der Waals surface area contributed by atoms with E-state index in [2.05, 4.69) is 39.1 Å². The molecule has 2 rings (SSSR count). The quantitative estimate of drug-likeness (QED) is 0.583. The van der Waals surface area contributed by atoms with Crippen molar-refractivity contribution in [2.75, 3.05) is 5.33 Å². The van der Waals surface area contributed by atoms with Crippen molar-refractivity contribution in [1.29, 1.82) is 0 Å². The lowest BCUT2D eigenvalue weighted by Crippen LogP contribution is -1.85. The summed E-state index contributed by atoms with van der Waals surface area (Å²) in [4.78, 5) is 4.39. The maximum Gasteiger partial charge on any atom is 0.136 e. The maximum absolute atomic E-state index is 6.11. The summed E-state index contributed by atoms with van der Waals surface area (Å²) in [6.45, 7) is 2.05. The molecule has 82 valence electrons. The summed E-state index contributed by atoms with van der Waals surface area (Å²) < 4.78 is 0. The Hall–Kier alpha value is -0.860. The van der Waals surface area contributed by atoms with Crippen LogP contribution in [0.3, 0.4) is 0 Å². The van der Waals surface area contributed by atoms with Gasteiger partial charge in [-0.15, -0.1) is 0 Å². The smallest absolute Gasteiger partial charge is 0.136 e. The van der Waals surface area contributed by atoms with E-state index in [1.807, 2.05) is 25.1 Å². The normalized spacial score (nSPS) is 11.4. The molecule has 0 aliphatic rings. The molecular formula is C13H11BrClN. The second kappa shape index (κ2) is 4.98. The summed E-state index contributed by atoms with van der Waals surface area (Å²) in [5.74, 6) is 0. The average molecular weight is 297 g/mol. The van der Waals surface area contributed by atoms with E-state index in [0.717, 1.165) is 21.8 Å². The average Bonchev–Trinajstić information content (AvgIpc) is 2.26. The number of alkyl halides is 1. The molecule has 16 heavy (non-hydrogen) atoms. The zero-order valence-electron chi connectivity index (χ0n) is 8.87. The van der Waals surface area contributed by atoms with E-state index < -0.39 is 0 Å². The van der Waals surface area contributed by atoms with Gasteiger partial charge in [0.25, 0.3) is 0 Å². The van der Waals surface area contributed by atoms with Gasteiger partial charge in [-0.05, 0) is 24.6 Å². The molecule has 0 saturated carbocycles. The highest BCUT2D eigenvalue weighted by molar-refractivity contribution is 9.09. The summed E-state index contributed by atoms with van der Waals surface area (Å²) in [5.41, 5.74) is 3.10. The lowest BCUT2D eigenvalue weighted by atomic mass is 10.1. The van der Waals surface area contributed by atoms with E-state index in [9.17, 15) is 0 Å². The van der Waals surface area contributed by atoms with Crippen LogP contribution in [0.25, 0.3) is 17.0 Å². The van der Waals surface area contributed by atoms with Crippen LogP contribution in [-0.4, -0.2) is 10.3 Å². The Morgan fingerprint density at radius 2 is 2.19 bits per heavy atom. The van der Waals surface area contributed by atoms with Crippen LogP contribution in [0, 0.1) is 6.92 Å². The molecule has 0 fully saturated rings. The first-order valence-corrected chi connectivity index (χ1v) is 6.50. The molecule has 0 spiro atoms. The van der Waals surface area contributed by atoms with Gasteiger partial charge in [-0.3, -0.25) is 0 Å². The number of halogens is 2. The molecule has 0 aliphatic carbocycles.